The van der Waals surface area contributed by atoms with E-state index < -0.39 is 0 Å². The molecule has 0 spiro atoms. The monoisotopic (exact) mass is 261 g/mol. The van der Waals surface area contributed by atoms with E-state index in [2.05, 4.69) is 5.32 Å². The Morgan fingerprint density at radius 1 is 1.28 bits per heavy atom. The number of amides is 1. The van der Waals surface area contributed by atoms with Crippen LogP contribution in [-0.2, 0) is 13.0 Å². The topological polar surface area (TPSA) is 49.3 Å². The number of nitrogens with one attached hydrogen (secondary N) is 1. The number of carbonyl (C=O) groups excluding carboxylic acids is 1. The molecule has 0 aliphatic rings. The van der Waals surface area contributed by atoms with Crippen LogP contribution in [0.15, 0.2) is 35.7 Å². The molecule has 1 aromatic heterocycles. The van der Waals surface area contributed by atoms with Crippen molar-refractivity contribution in [3.8, 4) is 5.75 Å². The highest BCUT2D eigenvalue weighted by Crippen LogP contribution is 2.17. The molecule has 94 valence electrons. The normalized spacial score (nSPS) is 10.3. The van der Waals surface area contributed by atoms with E-state index in [1.807, 2.05) is 18.4 Å². The maximum atomic E-state index is 12.0. The zero-order valence-electron chi connectivity index (χ0n) is 10.1. The first-order valence-electron chi connectivity index (χ1n) is 5.83. The van der Waals surface area contributed by atoms with Gasteiger partial charge in [0.25, 0.3) is 5.91 Å². The molecule has 2 aromatic rings. The van der Waals surface area contributed by atoms with Gasteiger partial charge in [-0.1, -0.05) is 19.1 Å². The molecule has 1 amide bonds. The fourth-order valence-electron chi connectivity index (χ4n) is 1.69. The minimum Gasteiger partial charge on any atom is -0.508 e. The van der Waals surface area contributed by atoms with Crippen LogP contribution in [0.5, 0.6) is 5.75 Å². The van der Waals surface area contributed by atoms with Crippen LogP contribution in [0.25, 0.3) is 0 Å². The fraction of sp³-hybridized carbons (Fsp3) is 0.214. The number of phenols is 1. The highest BCUT2D eigenvalue weighted by Gasteiger charge is 2.11. The lowest BCUT2D eigenvalue weighted by atomic mass is 10.2. The number of phenolic OH excluding ortho intramolecular Hbond substituents is 1. The van der Waals surface area contributed by atoms with E-state index in [4.69, 9.17) is 5.11 Å². The van der Waals surface area contributed by atoms with Crippen molar-refractivity contribution in [3.05, 3.63) is 51.7 Å². The van der Waals surface area contributed by atoms with Crippen LogP contribution in [0.2, 0.25) is 0 Å². The van der Waals surface area contributed by atoms with Crippen LogP contribution in [-0.4, -0.2) is 11.0 Å². The zero-order valence-corrected chi connectivity index (χ0v) is 11.0. The molecule has 3 nitrogen and oxygen atoms in total. The molecular weight excluding hydrogens is 246 g/mol. The average molecular weight is 261 g/mol. The van der Waals surface area contributed by atoms with Gasteiger partial charge in [0.15, 0.2) is 0 Å². The lowest BCUT2D eigenvalue weighted by Gasteiger charge is -2.05. The van der Waals surface area contributed by atoms with Gasteiger partial charge in [-0.3, -0.25) is 4.79 Å². The van der Waals surface area contributed by atoms with E-state index in [0.29, 0.717) is 6.54 Å². The number of thiophene rings is 1. The molecule has 2 N–H and O–H groups in total. The molecule has 0 fully saturated rings. The SMILES string of the molecule is CCc1ccsc1C(=O)NCc1ccc(O)cc1. The van der Waals surface area contributed by atoms with Gasteiger partial charge in [-0.05, 0) is 41.1 Å². The van der Waals surface area contributed by atoms with Crippen molar-refractivity contribution in [2.75, 3.05) is 0 Å². The lowest BCUT2D eigenvalue weighted by molar-refractivity contribution is 0.0954. The predicted octanol–water partition coefficient (Wildman–Crippen LogP) is 2.95. The molecule has 0 saturated heterocycles. The predicted molar refractivity (Wildman–Crippen MR) is 73.0 cm³/mol. The third kappa shape index (κ3) is 2.90. The van der Waals surface area contributed by atoms with Crippen LogP contribution in [0, 0.1) is 0 Å². The molecule has 0 unspecified atom stereocenters. The first-order valence-corrected chi connectivity index (χ1v) is 6.71. The van der Waals surface area contributed by atoms with Crippen LogP contribution in [0.1, 0.15) is 27.7 Å². The molecule has 0 bridgehead atoms. The lowest BCUT2D eigenvalue weighted by Crippen LogP contribution is -2.22. The summed E-state index contributed by atoms with van der Waals surface area (Å²) in [6.07, 6.45) is 0.867. The fourth-order valence-corrected chi connectivity index (χ4v) is 2.60. The molecule has 18 heavy (non-hydrogen) atoms. The van der Waals surface area contributed by atoms with Crippen LogP contribution in [0.3, 0.4) is 0 Å². The minimum atomic E-state index is -0.0325. The zero-order chi connectivity index (χ0) is 13.0. The first kappa shape index (κ1) is 12.6. The number of aryl methyl sites for hydroxylation is 1. The summed E-state index contributed by atoms with van der Waals surface area (Å²) in [5, 5.41) is 14.0. The minimum absolute atomic E-state index is 0.0325. The smallest absolute Gasteiger partial charge is 0.261 e. The van der Waals surface area contributed by atoms with Crippen molar-refractivity contribution in [1.29, 1.82) is 0 Å². The Kier molecular flexibility index (Phi) is 3.99. The second kappa shape index (κ2) is 5.69. The van der Waals surface area contributed by atoms with E-state index in [1.54, 1.807) is 24.3 Å². The second-order valence-corrected chi connectivity index (χ2v) is 4.89. The number of aromatic hydroxyl groups is 1. The largest absolute Gasteiger partial charge is 0.508 e. The Morgan fingerprint density at radius 2 is 2.00 bits per heavy atom. The summed E-state index contributed by atoms with van der Waals surface area (Å²) in [5.41, 5.74) is 2.05. The standard InChI is InChI=1S/C14H15NO2S/c1-2-11-7-8-18-13(11)14(17)15-9-10-3-5-12(16)6-4-10/h3-8,16H,2,9H2,1H3,(H,15,17). The maximum Gasteiger partial charge on any atom is 0.261 e. The number of carbonyl (C=O) groups is 1. The van der Waals surface area contributed by atoms with E-state index in [-0.39, 0.29) is 11.7 Å². The highest BCUT2D eigenvalue weighted by molar-refractivity contribution is 7.12. The molecule has 0 atom stereocenters. The summed E-state index contributed by atoms with van der Waals surface area (Å²) in [6, 6.07) is 8.81. The average Bonchev–Trinajstić information content (AvgIpc) is 2.86. The second-order valence-electron chi connectivity index (χ2n) is 3.98. The quantitative estimate of drug-likeness (QED) is 0.889. The third-order valence-corrected chi connectivity index (χ3v) is 3.68. The van der Waals surface area contributed by atoms with Gasteiger partial charge in [0.1, 0.15) is 5.75 Å². The number of benzene rings is 1. The molecule has 1 heterocycles. The van der Waals surface area contributed by atoms with Crippen LogP contribution in [0.4, 0.5) is 0 Å². The number of hydrogen-bond acceptors (Lipinski definition) is 3. The molecule has 0 aliphatic heterocycles. The first-order chi connectivity index (χ1) is 8.70. The van der Waals surface area contributed by atoms with Crippen LogP contribution >= 0.6 is 11.3 Å². The summed E-state index contributed by atoms with van der Waals surface area (Å²) in [7, 11) is 0. The number of hydrogen-bond donors (Lipinski definition) is 2. The highest BCUT2D eigenvalue weighted by atomic mass is 32.1. The molecule has 0 radical (unpaired) electrons. The molecule has 0 saturated carbocycles. The maximum absolute atomic E-state index is 12.0. The van der Waals surface area contributed by atoms with E-state index in [0.717, 1.165) is 22.4 Å². The van der Waals surface area contributed by atoms with Crippen LogP contribution < -0.4 is 5.32 Å². The van der Waals surface area contributed by atoms with Gasteiger partial charge < -0.3 is 10.4 Å². The van der Waals surface area contributed by atoms with Crippen molar-refractivity contribution in [2.45, 2.75) is 19.9 Å². The van der Waals surface area contributed by atoms with Crippen molar-refractivity contribution >= 4 is 17.2 Å². The molecule has 2 rings (SSSR count). The van der Waals surface area contributed by atoms with Gasteiger partial charge in [-0.25, -0.2) is 0 Å². The summed E-state index contributed by atoms with van der Waals surface area (Å²) in [6.45, 7) is 2.51. The summed E-state index contributed by atoms with van der Waals surface area (Å²) in [5.74, 6) is 0.200. The molecule has 4 heteroatoms. The Hall–Kier alpha value is -1.81. The Morgan fingerprint density at radius 3 is 2.67 bits per heavy atom. The van der Waals surface area contributed by atoms with Crippen molar-refractivity contribution in [3.63, 3.8) is 0 Å². The van der Waals surface area contributed by atoms with Gasteiger partial charge in [-0.15, -0.1) is 11.3 Å². The summed E-state index contributed by atoms with van der Waals surface area (Å²) < 4.78 is 0. The van der Waals surface area contributed by atoms with Gasteiger partial charge in [0.2, 0.25) is 0 Å². The van der Waals surface area contributed by atoms with Gasteiger partial charge in [0.05, 0.1) is 4.88 Å². The Balaban J connectivity index is 1.98. The summed E-state index contributed by atoms with van der Waals surface area (Å²) >= 11 is 1.47. The molecular formula is C14H15NO2S. The molecule has 1 aromatic carbocycles. The van der Waals surface area contributed by atoms with E-state index in [1.165, 1.54) is 11.3 Å². The van der Waals surface area contributed by atoms with E-state index in [9.17, 15) is 4.79 Å². The van der Waals surface area contributed by atoms with Crippen molar-refractivity contribution in [2.24, 2.45) is 0 Å². The number of rotatable bonds is 4. The van der Waals surface area contributed by atoms with E-state index >= 15 is 0 Å². The van der Waals surface area contributed by atoms with Gasteiger partial charge in [0, 0.05) is 6.54 Å². The van der Waals surface area contributed by atoms with Crippen molar-refractivity contribution in [1.82, 2.24) is 5.32 Å². The summed E-state index contributed by atoms with van der Waals surface area (Å²) in [4.78, 5) is 12.8. The van der Waals surface area contributed by atoms with Gasteiger partial charge in [-0.2, -0.15) is 0 Å². The third-order valence-electron chi connectivity index (χ3n) is 2.72. The Bertz CT molecular complexity index is 531. The molecule has 0 aliphatic carbocycles. The Labute approximate surface area is 110 Å². The van der Waals surface area contributed by atoms with Crippen molar-refractivity contribution < 1.29 is 9.90 Å². The van der Waals surface area contributed by atoms with Gasteiger partial charge >= 0.3 is 0 Å².